The van der Waals surface area contributed by atoms with Crippen molar-refractivity contribution in [2.45, 2.75) is 39.8 Å². The number of rotatable bonds is 3. The highest BCUT2D eigenvalue weighted by atomic mass is 32.1. The maximum Gasteiger partial charge on any atom is 0.292 e. The number of hydrogen-bond acceptors (Lipinski definition) is 4. The van der Waals surface area contributed by atoms with Crippen LogP contribution in [0.5, 0.6) is 11.5 Å². The number of carbonyl (C=O) groups is 1. The molecule has 1 atom stereocenters. The van der Waals surface area contributed by atoms with Crippen LogP contribution in [-0.2, 0) is 11.3 Å². The van der Waals surface area contributed by atoms with Crippen LogP contribution in [0, 0.1) is 13.8 Å². The van der Waals surface area contributed by atoms with Crippen LogP contribution in [0.4, 0.5) is 0 Å². The van der Waals surface area contributed by atoms with Crippen LogP contribution in [0.1, 0.15) is 24.5 Å². The van der Waals surface area contributed by atoms with Gasteiger partial charge in [0.05, 0.1) is 10.2 Å². The van der Waals surface area contributed by atoms with Crippen LogP contribution in [0.25, 0.3) is 10.2 Å². The summed E-state index contributed by atoms with van der Waals surface area (Å²) in [6.45, 7) is 7.33. The molecule has 0 aliphatic carbocycles. The van der Waals surface area contributed by atoms with Gasteiger partial charge >= 0.3 is 0 Å². The summed E-state index contributed by atoms with van der Waals surface area (Å²) in [6.07, 6.45) is 0.250. The summed E-state index contributed by atoms with van der Waals surface area (Å²) in [5, 5.41) is 0. The summed E-state index contributed by atoms with van der Waals surface area (Å²) in [4.78, 5) is 17.9. The largest absolute Gasteiger partial charge is 0.485 e. The normalized spacial score (nSPS) is 16.7. The molecule has 0 saturated heterocycles. The van der Waals surface area contributed by atoms with E-state index < -0.39 is 6.10 Å². The van der Waals surface area contributed by atoms with E-state index in [1.54, 1.807) is 17.4 Å². The second kappa shape index (κ2) is 7.19. The van der Waals surface area contributed by atoms with E-state index in [2.05, 4.69) is 42.5 Å². The Morgan fingerprint density at radius 1 is 1.22 bits per heavy atom. The van der Waals surface area contributed by atoms with E-state index in [0.717, 1.165) is 23.2 Å². The van der Waals surface area contributed by atoms with E-state index in [4.69, 9.17) is 9.47 Å². The second-order valence-electron chi connectivity index (χ2n) is 6.75. The minimum atomic E-state index is -0.719. The fourth-order valence-electron chi connectivity index (χ4n) is 3.15. The monoisotopic (exact) mass is 382 g/mol. The summed E-state index contributed by atoms with van der Waals surface area (Å²) in [5.41, 5.74) is 3.61. The fourth-order valence-corrected chi connectivity index (χ4v) is 4.30. The first-order chi connectivity index (χ1) is 13.1. The molecule has 4 rings (SSSR count). The SMILES string of the molecule is CCCn1c(=NC(=O)C2COc3ccccc3O2)sc2cc(C)c(C)cc21. The van der Waals surface area contributed by atoms with E-state index in [1.165, 1.54) is 11.1 Å². The number of benzene rings is 2. The van der Waals surface area contributed by atoms with Gasteiger partial charge in [-0.05, 0) is 55.7 Å². The van der Waals surface area contributed by atoms with E-state index in [9.17, 15) is 4.79 Å². The molecule has 2 heterocycles. The van der Waals surface area contributed by atoms with Gasteiger partial charge in [0.25, 0.3) is 5.91 Å². The lowest BCUT2D eigenvalue weighted by atomic mass is 10.1. The topological polar surface area (TPSA) is 52.8 Å². The van der Waals surface area contributed by atoms with Gasteiger partial charge in [-0.15, -0.1) is 0 Å². The zero-order chi connectivity index (χ0) is 19.0. The van der Waals surface area contributed by atoms with Gasteiger partial charge in [0.15, 0.2) is 16.3 Å². The Bertz CT molecular complexity index is 1080. The number of aryl methyl sites for hydroxylation is 3. The zero-order valence-electron chi connectivity index (χ0n) is 15.7. The van der Waals surface area contributed by atoms with Crippen molar-refractivity contribution < 1.29 is 14.3 Å². The van der Waals surface area contributed by atoms with Crippen molar-refractivity contribution in [2.75, 3.05) is 6.61 Å². The standard InChI is InChI=1S/C21H22N2O3S/c1-4-9-23-15-10-13(2)14(3)11-19(15)27-21(23)22-20(24)18-12-25-16-7-5-6-8-17(16)26-18/h5-8,10-11,18H,4,9,12H2,1-3H3. The van der Waals surface area contributed by atoms with Crippen molar-refractivity contribution in [3.8, 4) is 11.5 Å². The first kappa shape index (κ1) is 17.8. The highest BCUT2D eigenvalue weighted by molar-refractivity contribution is 7.16. The first-order valence-corrected chi connectivity index (χ1v) is 9.96. The molecular formula is C21H22N2O3S. The average molecular weight is 382 g/mol. The molecule has 5 nitrogen and oxygen atoms in total. The molecule has 0 bridgehead atoms. The Morgan fingerprint density at radius 2 is 1.96 bits per heavy atom. The van der Waals surface area contributed by atoms with Gasteiger partial charge in [-0.25, -0.2) is 0 Å². The van der Waals surface area contributed by atoms with E-state index in [1.807, 2.05) is 18.2 Å². The minimum Gasteiger partial charge on any atom is -0.485 e. The highest BCUT2D eigenvalue weighted by Gasteiger charge is 2.27. The molecule has 27 heavy (non-hydrogen) atoms. The number of para-hydroxylation sites is 2. The molecule has 1 amide bonds. The molecule has 0 fully saturated rings. The summed E-state index contributed by atoms with van der Waals surface area (Å²) < 4.78 is 14.7. The van der Waals surface area contributed by atoms with Crippen molar-refractivity contribution in [2.24, 2.45) is 4.99 Å². The molecular weight excluding hydrogens is 360 g/mol. The highest BCUT2D eigenvalue weighted by Crippen LogP contribution is 2.31. The molecule has 0 N–H and O–H groups in total. The predicted octanol–water partition coefficient (Wildman–Crippen LogP) is 4.00. The molecule has 6 heteroatoms. The average Bonchev–Trinajstić information content (AvgIpc) is 2.98. The van der Waals surface area contributed by atoms with Crippen LogP contribution in [0.2, 0.25) is 0 Å². The van der Waals surface area contributed by atoms with E-state index in [-0.39, 0.29) is 12.5 Å². The Morgan fingerprint density at radius 3 is 2.74 bits per heavy atom. The lowest BCUT2D eigenvalue weighted by molar-refractivity contribution is -0.127. The number of fused-ring (bicyclic) bond motifs is 2. The number of carbonyl (C=O) groups excluding carboxylic acids is 1. The molecule has 1 unspecified atom stereocenters. The quantitative estimate of drug-likeness (QED) is 0.688. The number of hydrogen-bond donors (Lipinski definition) is 0. The number of amides is 1. The Hall–Kier alpha value is -2.60. The van der Waals surface area contributed by atoms with Gasteiger partial charge in [0.1, 0.15) is 6.61 Å². The van der Waals surface area contributed by atoms with Crippen LogP contribution in [0.3, 0.4) is 0 Å². The van der Waals surface area contributed by atoms with Crippen LogP contribution < -0.4 is 14.3 Å². The third kappa shape index (κ3) is 3.37. The van der Waals surface area contributed by atoms with Crippen LogP contribution >= 0.6 is 11.3 Å². The Balaban J connectivity index is 1.72. The van der Waals surface area contributed by atoms with Gasteiger partial charge in [-0.1, -0.05) is 30.4 Å². The Kier molecular flexibility index (Phi) is 4.74. The van der Waals surface area contributed by atoms with Crippen molar-refractivity contribution in [3.05, 3.63) is 52.3 Å². The van der Waals surface area contributed by atoms with Gasteiger partial charge in [-0.3, -0.25) is 4.79 Å². The maximum atomic E-state index is 12.8. The van der Waals surface area contributed by atoms with Crippen LogP contribution in [-0.4, -0.2) is 23.2 Å². The third-order valence-electron chi connectivity index (χ3n) is 4.74. The predicted molar refractivity (Wildman–Crippen MR) is 107 cm³/mol. The lowest BCUT2D eigenvalue weighted by Gasteiger charge is -2.23. The van der Waals surface area contributed by atoms with Gasteiger partial charge in [0, 0.05) is 6.54 Å². The molecule has 0 radical (unpaired) electrons. The summed E-state index contributed by atoms with van der Waals surface area (Å²) in [5.74, 6) is 0.936. The van der Waals surface area contributed by atoms with Crippen molar-refractivity contribution >= 4 is 27.5 Å². The summed E-state index contributed by atoms with van der Waals surface area (Å²) in [6, 6.07) is 11.7. The summed E-state index contributed by atoms with van der Waals surface area (Å²) in [7, 11) is 0. The van der Waals surface area contributed by atoms with E-state index in [0.29, 0.717) is 16.3 Å². The molecule has 140 valence electrons. The van der Waals surface area contributed by atoms with Crippen LogP contribution in [0.15, 0.2) is 41.4 Å². The van der Waals surface area contributed by atoms with Gasteiger partial charge in [0.2, 0.25) is 6.10 Å². The molecule has 2 aromatic carbocycles. The minimum absolute atomic E-state index is 0.177. The number of thiazole rings is 1. The van der Waals surface area contributed by atoms with Gasteiger partial charge in [-0.2, -0.15) is 4.99 Å². The van der Waals surface area contributed by atoms with E-state index >= 15 is 0 Å². The number of aromatic nitrogens is 1. The third-order valence-corrected chi connectivity index (χ3v) is 5.78. The lowest BCUT2D eigenvalue weighted by Crippen LogP contribution is -2.36. The summed E-state index contributed by atoms with van der Waals surface area (Å²) >= 11 is 1.54. The molecule has 0 saturated carbocycles. The van der Waals surface area contributed by atoms with Gasteiger partial charge < -0.3 is 14.0 Å². The van der Waals surface area contributed by atoms with Crippen molar-refractivity contribution in [1.82, 2.24) is 4.57 Å². The zero-order valence-corrected chi connectivity index (χ0v) is 16.5. The first-order valence-electron chi connectivity index (χ1n) is 9.14. The molecule has 0 spiro atoms. The molecule has 1 aliphatic heterocycles. The number of nitrogens with zero attached hydrogens (tertiary/aromatic N) is 2. The van der Waals surface area contributed by atoms with Crippen molar-refractivity contribution in [3.63, 3.8) is 0 Å². The maximum absolute atomic E-state index is 12.8. The molecule has 1 aliphatic rings. The Labute approximate surface area is 161 Å². The fraction of sp³-hybridized carbons (Fsp3) is 0.333. The molecule has 1 aromatic heterocycles. The second-order valence-corrected chi connectivity index (χ2v) is 7.76. The molecule has 3 aromatic rings. The smallest absolute Gasteiger partial charge is 0.292 e. The van der Waals surface area contributed by atoms with Crippen molar-refractivity contribution in [1.29, 1.82) is 0 Å². The number of ether oxygens (including phenoxy) is 2.